The first-order chi connectivity index (χ1) is 14.3. The van der Waals surface area contributed by atoms with Crippen molar-refractivity contribution in [1.82, 2.24) is 10.6 Å². The number of rotatable bonds is 9. The zero-order valence-corrected chi connectivity index (χ0v) is 19.5. The second-order valence-electron chi connectivity index (χ2n) is 6.73. The van der Waals surface area contributed by atoms with E-state index in [4.69, 9.17) is 5.73 Å². The highest BCUT2D eigenvalue weighted by molar-refractivity contribution is 14.0. The molecule has 1 atom stereocenters. The topological polar surface area (TPSA) is 88.7 Å². The van der Waals surface area contributed by atoms with Gasteiger partial charge < -0.3 is 21.1 Å². The fraction of sp³-hybridized carbons (Fsp3) is 0.333. The maximum atomic E-state index is 13.1. The van der Waals surface area contributed by atoms with E-state index in [-0.39, 0.29) is 48.6 Å². The van der Waals surface area contributed by atoms with E-state index in [1.165, 1.54) is 18.2 Å². The number of nitrogens with one attached hydrogen (secondary N) is 2. The monoisotopic (exact) mass is 550 g/mol. The van der Waals surface area contributed by atoms with Crippen LogP contribution in [0.15, 0.2) is 47.5 Å². The molecule has 0 radical (unpaired) electrons. The summed E-state index contributed by atoms with van der Waals surface area (Å²) in [6, 6.07) is 10.7. The van der Waals surface area contributed by atoms with Gasteiger partial charge >= 0.3 is 6.61 Å². The van der Waals surface area contributed by atoms with Crippen molar-refractivity contribution in [1.29, 1.82) is 0 Å². The first-order valence-corrected chi connectivity index (χ1v) is 9.31. The second-order valence-corrected chi connectivity index (χ2v) is 6.73. The van der Waals surface area contributed by atoms with Crippen molar-refractivity contribution in [3.63, 3.8) is 0 Å². The van der Waals surface area contributed by atoms with E-state index in [9.17, 15) is 18.0 Å². The Bertz CT molecular complexity index is 879. The van der Waals surface area contributed by atoms with Gasteiger partial charge in [-0.25, -0.2) is 4.39 Å². The molecule has 6 nitrogen and oxygen atoms in total. The standard InChI is InChI=1S/C21H25F3N4O2.HI/c1-13-3-8-18(30-20(23)24)15(9-13)11-27-21(26-2)28-12-16(19(25)29)10-14-4-6-17(22)7-5-14;/h3-9,16,20H,10-12H2,1-2H3,(H2,25,29)(H2,26,27,28);1H. The number of benzene rings is 2. The summed E-state index contributed by atoms with van der Waals surface area (Å²) in [6.45, 7) is -0.703. The molecule has 0 aliphatic heterocycles. The van der Waals surface area contributed by atoms with Gasteiger partial charge in [-0.05, 0) is 37.1 Å². The van der Waals surface area contributed by atoms with E-state index in [2.05, 4.69) is 20.4 Å². The lowest BCUT2D eigenvalue weighted by Gasteiger charge is -2.18. The predicted molar refractivity (Wildman–Crippen MR) is 124 cm³/mol. The molecule has 2 aromatic rings. The van der Waals surface area contributed by atoms with Crippen LogP contribution in [0.3, 0.4) is 0 Å². The first kappa shape index (κ1) is 26.5. The lowest BCUT2D eigenvalue weighted by atomic mass is 9.98. The van der Waals surface area contributed by atoms with Crippen LogP contribution in [0.1, 0.15) is 16.7 Å². The molecule has 0 heterocycles. The molecule has 170 valence electrons. The second kappa shape index (κ2) is 13.0. The Hall–Kier alpha value is -2.50. The average Bonchev–Trinajstić information content (AvgIpc) is 2.69. The Morgan fingerprint density at radius 2 is 1.84 bits per heavy atom. The largest absolute Gasteiger partial charge is 0.434 e. The third-order valence-corrected chi connectivity index (χ3v) is 4.42. The maximum absolute atomic E-state index is 13.1. The molecule has 0 aromatic heterocycles. The lowest BCUT2D eigenvalue weighted by molar-refractivity contribution is -0.121. The molecule has 10 heteroatoms. The molecule has 2 rings (SSSR count). The van der Waals surface area contributed by atoms with Crippen LogP contribution in [-0.4, -0.2) is 32.1 Å². The fourth-order valence-electron chi connectivity index (χ4n) is 2.86. The Labute approximate surface area is 196 Å². The van der Waals surface area contributed by atoms with E-state index >= 15 is 0 Å². The highest BCUT2D eigenvalue weighted by Crippen LogP contribution is 2.22. The van der Waals surface area contributed by atoms with Crippen molar-refractivity contribution in [2.24, 2.45) is 16.6 Å². The highest BCUT2D eigenvalue weighted by atomic mass is 127. The van der Waals surface area contributed by atoms with Gasteiger partial charge in [0.15, 0.2) is 5.96 Å². The quantitative estimate of drug-likeness (QED) is 0.254. The maximum Gasteiger partial charge on any atom is 0.387 e. The van der Waals surface area contributed by atoms with Gasteiger partial charge in [-0.3, -0.25) is 9.79 Å². The Kier molecular flexibility index (Phi) is 11.2. The highest BCUT2D eigenvalue weighted by Gasteiger charge is 2.17. The number of hydrogen-bond acceptors (Lipinski definition) is 3. The Morgan fingerprint density at radius 3 is 2.42 bits per heavy atom. The van der Waals surface area contributed by atoms with Crippen molar-refractivity contribution in [3.8, 4) is 5.75 Å². The van der Waals surface area contributed by atoms with E-state index in [0.29, 0.717) is 17.9 Å². The number of nitrogens with two attached hydrogens (primary N) is 1. The molecule has 0 bridgehead atoms. The van der Waals surface area contributed by atoms with Gasteiger partial charge in [0.05, 0.1) is 5.92 Å². The van der Waals surface area contributed by atoms with Crippen LogP contribution in [0.2, 0.25) is 0 Å². The van der Waals surface area contributed by atoms with Gasteiger partial charge in [0.2, 0.25) is 5.91 Å². The van der Waals surface area contributed by atoms with Gasteiger partial charge in [-0.1, -0.05) is 29.8 Å². The zero-order chi connectivity index (χ0) is 22.1. The number of ether oxygens (including phenoxy) is 1. The summed E-state index contributed by atoms with van der Waals surface area (Å²) in [5.41, 5.74) is 7.70. The Balaban J connectivity index is 0.00000480. The number of carbonyl (C=O) groups is 1. The molecule has 0 fully saturated rings. The summed E-state index contributed by atoms with van der Waals surface area (Å²) in [4.78, 5) is 15.9. The van der Waals surface area contributed by atoms with Crippen LogP contribution in [0.25, 0.3) is 0 Å². The number of alkyl halides is 2. The van der Waals surface area contributed by atoms with Crippen LogP contribution in [0.5, 0.6) is 5.75 Å². The van der Waals surface area contributed by atoms with Crippen LogP contribution < -0.4 is 21.1 Å². The van der Waals surface area contributed by atoms with Gasteiger partial charge in [0.1, 0.15) is 11.6 Å². The van der Waals surface area contributed by atoms with Crippen molar-refractivity contribution >= 4 is 35.8 Å². The summed E-state index contributed by atoms with van der Waals surface area (Å²) in [7, 11) is 1.54. The van der Waals surface area contributed by atoms with Crippen molar-refractivity contribution < 1.29 is 22.7 Å². The van der Waals surface area contributed by atoms with Gasteiger partial charge in [-0.15, -0.1) is 24.0 Å². The molecule has 1 unspecified atom stereocenters. The fourth-order valence-corrected chi connectivity index (χ4v) is 2.86. The molecular formula is C21H26F3IN4O2. The minimum atomic E-state index is -2.92. The Morgan fingerprint density at radius 1 is 1.16 bits per heavy atom. The molecule has 0 aliphatic carbocycles. The number of hydrogen-bond donors (Lipinski definition) is 3. The molecular weight excluding hydrogens is 524 g/mol. The predicted octanol–water partition coefficient (Wildman–Crippen LogP) is 3.36. The van der Waals surface area contributed by atoms with E-state index in [1.807, 2.05) is 6.92 Å². The van der Waals surface area contributed by atoms with Crippen molar-refractivity contribution in [2.45, 2.75) is 26.5 Å². The summed E-state index contributed by atoms with van der Waals surface area (Å²) < 4.78 is 42.8. The lowest BCUT2D eigenvalue weighted by Crippen LogP contribution is -2.42. The van der Waals surface area contributed by atoms with Crippen molar-refractivity contribution in [2.75, 3.05) is 13.6 Å². The minimum Gasteiger partial charge on any atom is -0.434 e. The number of amides is 1. The average molecular weight is 550 g/mol. The van der Waals surface area contributed by atoms with Gasteiger partial charge in [0.25, 0.3) is 0 Å². The smallest absolute Gasteiger partial charge is 0.387 e. The first-order valence-electron chi connectivity index (χ1n) is 9.31. The number of carbonyl (C=O) groups excluding carboxylic acids is 1. The zero-order valence-electron chi connectivity index (χ0n) is 17.2. The number of primary amides is 1. The molecule has 2 aromatic carbocycles. The molecule has 31 heavy (non-hydrogen) atoms. The summed E-state index contributed by atoms with van der Waals surface area (Å²) in [5, 5.41) is 6.01. The SMILES string of the molecule is CN=C(NCc1cc(C)ccc1OC(F)F)NCC(Cc1ccc(F)cc1)C(N)=O.I. The van der Waals surface area contributed by atoms with E-state index in [1.54, 1.807) is 31.3 Å². The number of aliphatic imine (C=N–C) groups is 1. The molecule has 0 saturated heterocycles. The van der Waals surface area contributed by atoms with Crippen LogP contribution in [-0.2, 0) is 17.8 Å². The van der Waals surface area contributed by atoms with Crippen molar-refractivity contribution in [3.05, 3.63) is 65.0 Å². The van der Waals surface area contributed by atoms with Gasteiger partial charge in [-0.2, -0.15) is 8.78 Å². The molecule has 0 aliphatic rings. The molecule has 0 saturated carbocycles. The number of halogens is 4. The summed E-state index contributed by atoms with van der Waals surface area (Å²) in [5.74, 6) is -0.975. The van der Waals surface area contributed by atoms with Crippen LogP contribution in [0.4, 0.5) is 13.2 Å². The third-order valence-electron chi connectivity index (χ3n) is 4.42. The normalized spacial score (nSPS) is 12.1. The summed E-state index contributed by atoms with van der Waals surface area (Å²) >= 11 is 0. The number of guanidine groups is 1. The van der Waals surface area contributed by atoms with Gasteiger partial charge in [0, 0.05) is 25.7 Å². The van der Waals surface area contributed by atoms with Crippen LogP contribution >= 0.6 is 24.0 Å². The third kappa shape index (κ3) is 9.03. The summed E-state index contributed by atoms with van der Waals surface area (Å²) in [6.07, 6.45) is 0.337. The van der Waals surface area contributed by atoms with E-state index < -0.39 is 18.4 Å². The molecule has 4 N–H and O–H groups in total. The molecule has 1 amide bonds. The number of aryl methyl sites for hydroxylation is 1. The minimum absolute atomic E-state index is 0. The van der Waals surface area contributed by atoms with Crippen LogP contribution in [0, 0.1) is 18.7 Å². The van der Waals surface area contributed by atoms with E-state index in [0.717, 1.165) is 11.1 Å². The number of nitrogens with zero attached hydrogens (tertiary/aromatic N) is 1. The molecule has 0 spiro atoms.